The molecule has 2 saturated carbocycles. The fraction of sp³-hybridized carbons (Fsp3) is 0.579. The molecule has 0 spiro atoms. The molecule has 1 aromatic carbocycles. The fourth-order valence-electron chi connectivity index (χ4n) is 5.00. The third-order valence-corrected chi connectivity index (χ3v) is 9.43. The Morgan fingerprint density at radius 3 is 1.88 bits per heavy atom. The smallest absolute Gasteiger partial charge is 0.238 e. The molecule has 6 heteroatoms. The van der Waals surface area contributed by atoms with Crippen molar-refractivity contribution in [3.8, 4) is 0 Å². The minimum Gasteiger partial charge on any atom is -0.372 e. The number of rotatable bonds is 4. The zero-order valence-electron chi connectivity index (χ0n) is 14.4. The molecule has 4 rings (SSSR count). The van der Waals surface area contributed by atoms with Gasteiger partial charge in [-0.2, -0.15) is 0 Å². The highest BCUT2D eigenvalue weighted by atomic mass is 79.9. The lowest BCUT2D eigenvalue weighted by Gasteiger charge is -2.28. The quantitative estimate of drug-likeness (QED) is 0.497. The Morgan fingerprint density at radius 1 is 0.960 bits per heavy atom. The Labute approximate surface area is 165 Å². The summed E-state index contributed by atoms with van der Waals surface area (Å²) in [6.07, 6.45) is 0.966. The summed E-state index contributed by atoms with van der Waals surface area (Å²) in [7, 11) is 0. The van der Waals surface area contributed by atoms with E-state index in [9.17, 15) is 9.59 Å². The highest BCUT2D eigenvalue weighted by Gasteiger charge is 2.66. The molecule has 0 unspecified atom stereocenters. The van der Waals surface area contributed by atoms with E-state index in [0.29, 0.717) is 5.69 Å². The van der Waals surface area contributed by atoms with Crippen LogP contribution < -0.4 is 9.80 Å². The Balaban J connectivity index is 1.62. The summed E-state index contributed by atoms with van der Waals surface area (Å²) in [5.41, 5.74) is 1.83. The maximum Gasteiger partial charge on any atom is 0.238 e. The van der Waals surface area contributed by atoms with Crippen LogP contribution >= 0.6 is 31.9 Å². The predicted molar refractivity (Wildman–Crippen MR) is 107 cm³/mol. The molecule has 2 aliphatic carbocycles. The van der Waals surface area contributed by atoms with E-state index in [1.807, 2.05) is 24.3 Å². The Hall–Kier alpha value is -0.880. The van der Waals surface area contributed by atoms with E-state index in [2.05, 4.69) is 50.6 Å². The van der Waals surface area contributed by atoms with Gasteiger partial charge in [-0.25, -0.2) is 0 Å². The van der Waals surface area contributed by atoms with Crippen LogP contribution in [0.15, 0.2) is 24.3 Å². The van der Waals surface area contributed by atoms with E-state index < -0.39 is 0 Å². The van der Waals surface area contributed by atoms with Crippen LogP contribution in [0.5, 0.6) is 0 Å². The van der Waals surface area contributed by atoms with Crippen LogP contribution in [0.4, 0.5) is 11.4 Å². The van der Waals surface area contributed by atoms with Crippen LogP contribution in [0, 0.1) is 23.7 Å². The van der Waals surface area contributed by atoms with Gasteiger partial charge in [0.15, 0.2) is 0 Å². The second kappa shape index (κ2) is 6.38. The summed E-state index contributed by atoms with van der Waals surface area (Å²) < 4.78 is 0. The molecule has 2 bridgehead atoms. The first-order chi connectivity index (χ1) is 12.0. The van der Waals surface area contributed by atoms with Crippen LogP contribution in [-0.2, 0) is 9.59 Å². The van der Waals surface area contributed by atoms with Gasteiger partial charge in [0.05, 0.1) is 17.5 Å². The molecule has 2 amide bonds. The van der Waals surface area contributed by atoms with Gasteiger partial charge in [-0.05, 0) is 56.4 Å². The van der Waals surface area contributed by atoms with Crippen LogP contribution in [0.3, 0.4) is 0 Å². The lowest BCUT2D eigenvalue weighted by Crippen LogP contribution is -2.37. The fourth-order valence-corrected chi connectivity index (χ4v) is 6.88. The van der Waals surface area contributed by atoms with Crippen molar-refractivity contribution in [2.45, 2.75) is 29.9 Å². The molecule has 0 aromatic heterocycles. The minimum atomic E-state index is -0.155. The van der Waals surface area contributed by atoms with Crippen molar-refractivity contribution in [1.29, 1.82) is 0 Å². The van der Waals surface area contributed by atoms with E-state index in [-0.39, 0.29) is 45.1 Å². The maximum absolute atomic E-state index is 13.0. The average molecular weight is 470 g/mol. The number of halogens is 2. The lowest BCUT2D eigenvalue weighted by molar-refractivity contribution is -0.123. The van der Waals surface area contributed by atoms with Gasteiger partial charge in [0.2, 0.25) is 11.8 Å². The van der Waals surface area contributed by atoms with E-state index in [1.165, 1.54) is 4.90 Å². The van der Waals surface area contributed by atoms with Crippen molar-refractivity contribution in [3.63, 3.8) is 0 Å². The molecule has 3 aliphatic rings. The van der Waals surface area contributed by atoms with Crippen molar-refractivity contribution in [1.82, 2.24) is 0 Å². The second-order valence-corrected chi connectivity index (χ2v) is 9.32. The van der Waals surface area contributed by atoms with Gasteiger partial charge >= 0.3 is 0 Å². The normalized spacial score (nSPS) is 36.2. The van der Waals surface area contributed by atoms with Gasteiger partial charge in [-0.15, -0.1) is 0 Å². The molecule has 1 heterocycles. The number of imide groups is 1. The number of hydrogen-bond donors (Lipinski definition) is 0. The number of benzene rings is 1. The van der Waals surface area contributed by atoms with Crippen LogP contribution in [-0.4, -0.2) is 34.6 Å². The number of alkyl halides is 2. The number of amides is 2. The Bertz CT molecular complexity index is 672. The summed E-state index contributed by atoms with van der Waals surface area (Å²) in [5, 5.41) is 0. The van der Waals surface area contributed by atoms with Gasteiger partial charge in [-0.1, -0.05) is 31.9 Å². The monoisotopic (exact) mass is 468 g/mol. The summed E-state index contributed by atoms with van der Waals surface area (Å²) in [6.45, 7) is 6.11. The van der Waals surface area contributed by atoms with Crippen LogP contribution in [0.2, 0.25) is 0 Å². The minimum absolute atomic E-state index is 0.0121. The van der Waals surface area contributed by atoms with Gasteiger partial charge < -0.3 is 4.90 Å². The number of fused-ring (bicyclic) bond motifs is 5. The molecule has 25 heavy (non-hydrogen) atoms. The van der Waals surface area contributed by atoms with Crippen molar-refractivity contribution >= 4 is 55.0 Å². The average Bonchev–Trinajstić information content (AvgIpc) is 3.22. The molecule has 4 nitrogen and oxygen atoms in total. The van der Waals surface area contributed by atoms with Crippen molar-refractivity contribution in [2.75, 3.05) is 22.9 Å². The zero-order chi connectivity index (χ0) is 17.9. The Kier molecular flexibility index (Phi) is 4.47. The van der Waals surface area contributed by atoms with E-state index in [0.717, 1.165) is 25.2 Å². The SMILES string of the molecule is CCN(CC)c1ccc(N2C(=O)[C@H]3[C@@H]4C[C@H]([C@@H](Br)[C@H]4Br)[C@@H]3C2=O)cc1. The molecule has 0 N–H and O–H groups in total. The maximum atomic E-state index is 13.0. The van der Waals surface area contributed by atoms with Crippen molar-refractivity contribution < 1.29 is 9.59 Å². The molecular weight excluding hydrogens is 448 g/mol. The highest BCUT2D eigenvalue weighted by molar-refractivity contribution is 9.12. The molecule has 1 aromatic rings. The largest absolute Gasteiger partial charge is 0.372 e. The van der Waals surface area contributed by atoms with Gasteiger partial charge in [-0.3, -0.25) is 14.5 Å². The number of carbonyl (C=O) groups is 2. The summed E-state index contributed by atoms with van der Waals surface area (Å²) >= 11 is 7.46. The van der Waals surface area contributed by atoms with Crippen molar-refractivity contribution in [2.24, 2.45) is 23.7 Å². The van der Waals surface area contributed by atoms with Crippen LogP contribution in [0.25, 0.3) is 0 Å². The Morgan fingerprint density at radius 2 is 1.44 bits per heavy atom. The number of hydrogen-bond acceptors (Lipinski definition) is 3. The molecule has 3 fully saturated rings. The summed E-state index contributed by atoms with van der Waals surface area (Å²) in [6, 6.07) is 7.83. The molecule has 134 valence electrons. The summed E-state index contributed by atoms with van der Waals surface area (Å²) in [4.78, 5) is 30.3. The lowest BCUT2D eigenvalue weighted by atomic mass is 9.81. The highest BCUT2D eigenvalue weighted by Crippen LogP contribution is 2.60. The van der Waals surface area contributed by atoms with Gasteiger partial charge in [0.25, 0.3) is 0 Å². The van der Waals surface area contributed by atoms with E-state index >= 15 is 0 Å². The number of anilines is 2. The third kappa shape index (κ3) is 2.43. The first-order valence-corrected chi connectivity index (χ1v) is 10.8. The standard InChI is InChI=1S/C19H22Br2N2O2/c1-3-22(4-2)10-5-7-11(8-6-10)23-18(24)14-12-9-13(15(14)19(23)25)17(21)16(12)20/h5-8,12-17H,3-4,9H2,1-2H3/t12-,13-,14-,15-,16-,17+/m0/s1. The first-order valence-electron chi connectivity index (χ1n) is 9.00. The van der Waals surface area contributed by atoms with E-state index in [1.54, 1.807) is 0 Å². The van der Waals surface area contributed by atoms with E-state index in [4.69, 9.17) is 0 Å². The topological polar surface area (TPSA) is 40.6 Å². The van der Waals surface area contributed by atoms with Gasteiger partial charge in [0.1, 0.15) is 0 Å². The zero-order valence-corrected chi connectivity index (χ0v) is 17.5. The molecule has 1 aliphatic heterocycles. The molecule has 1 saturated heterocycles. The van der Waals surface area contributed by atoms with Crippen molar-refractivity contribution in [3.05, 3.63) is 24.3 Å². The van der Waals surface area contributed by atoms with Gasteiger partial charge in [0, 0.05) is 28.4 Å². The summed E-state index contributed by atoms with van der Waals surface area (Å²) in [5.74, 6) is 0.187. The third-order valence-electron chi connectivity index (χ3n) is 6.22. The van der Waals surface area contributed by atoms with Crippen LogP contribution in [0.1, 0.15) is 20.3 Å². The molecular formula is C19H22Br2N2O2. The number of nitrogens with zero attached hydrogens (tertiary/aromatic N) is 2. The number of carbonyl (C=O) groups excluding carboxylic acids is 2. The second-order valence-electron chi connectivity index (χ2n) is 7.20. The molecule has 6 atom stereocenters. The predicted octanol–water partition coefficient (Wildman–Crippen LogP) is 3.82. The first kappa shape index (κ1) is 17.5. The molecule has 0 radical (unpaired) electrons.